The number of halogens is 3. The van der Waals surface area contributed by atoms with Crippen molar-refractivity contribution in [2.45, 2.75) is 26.2 Å². The Morgan fingerprint density at radius 3 is 2.45 bits per heavy atom. The predicted octanol–water partition coefficient (Wildman–Crippen LogP) is 4.08. The molecule has 1 aromatic heterocycles. The van der Waals surface area contributed by atoms with E-state index in [0.29, 0.717) is 0 Å². The highest BCUT2D eigenvalue weighted by Crippen LogP contribution is 2.27. The topological polar surface area (TPSA) is 62.5 Å². The third-order valence-electron chi connectivity index (χ3n) is 4.50. The van der Waals surface area contributed by atoms with Crippen LogP contribution in [0.1, 0.15) is 23.7 Å². The molecule has 2 aromatic carbocycles. The lowest BCUT2D eigenvalue weighted by Crippen LogP contribution is -2.24. The summed E-state index contributed by atoms with van der Waals surface area (Å²) in [5.41, 5.74) is 4.30. The quantitative estimate of drug-likeness (QED) is 0.434. The second-order valence-electron chi connectivity index (χ2n) is 6.78. The Kier molecular flexibility index (Phi) is 7.07. The van der Waals surface area contributed by atoms with Crippen LogP contribution >= 0.6 is 0 Å². The standard InChI is InChI=1S/C22H22F3N5O/c1-2-29(15-18-6-4-3-5-7-18)19-10-8-17(9-11-19)14-26-27-21(31)16-30-13-12-20(28-30)22(23,24)25/h3-14H,2,15-16H2,1H3,(H,27,31)/b26-14+. The van der Waals surface area contributed by atoms with E-state index in [4.69, 9.17) is 0 Å². The maximum atomic E-state index is 12.5. The second kappa shape index (κ2) is 9.92. The number of hydrogen-bond donors (Lipinski definition) is 1. The first-order valence-electron chi connectivity index (χ1n) is 9.66. The zero-order valence-corrected chi connectivity index (χ0v) is 16.9. The molecule has 3 rings (SSSR count). The molecule has 0 fully saturated rings. The monoisotopic (exact) mass is 429 g/mol. The van der Waals surface area contributed by atoms with Crippen LogP contribution < -0.4 is 10.3 Å². The Morgan fingerprint density at radius 2 is 1.84 bits per heavy atom. The molecule has 6 nitrogen and oxygen atoms in total. The van der Waals surface area contributed by atoms with Gasteiger partial charge in [0.2, 0.25) is 0 Å². The van der Waals surface area contributed by atoms with Gasteiger partial charge in [-0.25, -0.2) is 5.43 Å². The Bertz CT molecular complexity index is 1010. The normalized spacial score (nSPS) is 11.6. The number of hydrogen-bond acceptors (Lipinski definition) is 4. The summed E-state index contributed by atoms with van der Waals surface area (Å²) in [6.45, 7) is 3.37. The number of aromatic nitrogens is 2. The predicted molar refractivity (Wildman–Crippen MR) is 113 cm³/mol. The number of alkyl halides is 3. The number of nitrogens with zero attached hydrogens (tertiary/aromatic N) is 4. The third kappa shape index (κ3) is 6.43. The first-order chi connectivity index (χ1) is 14.8. The number of nitrogens with one attached hydrogen (secondary N) is 1. The molecular weight excluding hydrogens is 407 g/mol. The molecular formula is C22H22F3N5O. The van der Waals surface area contributed by atoms with E-state index in [1.54, 1.807) is 0 Å². The van der Waals surface area contributed by atoms with Crippen molar-refractivity contribution in [1.29, 1.82) is 0 Å². The maximum absolute atomic E-state index is 12.5. The lowest BCUT2D eigenvalue weighted by molar-refractivity contribution is -0.141. The van der Waals surface area contributed by atoms with E-state index in [0.717, 1.165) is 41.3 Å². The fourth-order valence-corrected chi connectivity index (χ4v) is 2.92. The molecule has 0 aliphatic heterocycles. The number of amides is 1. The number of benzene rings is 2. The van der Waals surface area contributed by atoms with Gasteiger partial charge in [0.25, 0.3) is 5.91 Å². The SMILES string of the molecule is CCN(Cc1ccccc1)c1ccc(/C=N/NC(=O)Cn2ccc(C(F)(F)F)n2)cc1. The second-order valence-corrected chi connectivity index (χ2v) is 6.78. The minimum Gasteiger partial charge on any atom is -0.367 e. The van der Waals surface area contributed by atoms with Crippen LogP contribution in [0.15, 0.2) is 72.0 Å². The molecule has 0 aliphatic rings. The molecule has 162 valence electrons. The van der Waals surface area contributed by atoms with E-state index in [9.17, 15) is 18.0 Å². The Balaban J connectivity index is 1.53. The molecule has 1 heterocycles. The fraction of sp³-hybridized carbons (Fsp3) is 0.227. The highest BCUT2D eigenvalue weighted by molar-refractivity contribution is 5.82. The molecule has 9 heteroatoms. The summed E-state index contributed by atoms with van der Waals surface area (Å²) < 4.78 is 38.5. The van der Waals surface area contributed by atoms with Gasteiger partial charge in [-0.15, -0.1) is 0 Å². The molecule has 0 saturated carbocycles. The molecule has 0 unspecified atom stereocenters. The molecule has 0 aliphatic carbocycles. The lowest BCUT2D eigenvalue weighted by Gasteiger charge is -2.23. The van der Waals surface area contributed by atoms with Gasteiger partial charge in [0.15, 0.2) is 5.69 Å². The van der Waals surface area contributed by atoms with Gasteiger partial charge in [-0.3, -0.25) is 9.48 Å². The molecule has 1 N–H and O–H groups in total. The van der Waals surface area contributed by atoms with Crippen molar-refractivity contribution >= 4 is 17.8 Å². The maximum Gasteiger partial charge on any atom is 0.435 e. The summed E-state index contributed by atoms with van der Waals surface area (Å²) in [6.07, 6.45) is -1.97. The van der Waals surface area contributed by atoms with Crippen molar-refractivity contribution in [2.75, 3.05) is 11.4 Å². The van der Waals surface area contributed by atoms with Gasteiger partial charge in [-0.2, -0.15) is 23.4 Å². The number of carbonyl (C=O) groups excluding carboxylic acids is 1. The van der Waals surface area contributed by atoms with Crippen LogP contribution in [0.5, 0.6) is 0 Å². The molecule has 31 heavy (non-hydrogen) atoms. The van der Waals surface area contributed by atoms with Crippen LogP contribution in [0.2, 0.25) is 0 Å². The van der Waals surface area contributed by atoms with E-state index < -0.39 is 17.8 Å². The number of hydrazone groups is 1. The summed E-state index contributed by atoms with van der Waals surface area (Å²) in [6, 6.07) is 18.7. The van der Waals surface area contributed by atoms with Gasteiger partial charge in [0, 0.05) is 25.0 Å². The van der Waals surface area contributed by atoms with Crippen molar-refractivity contribution in [1.82, 2.24) is 15.2 Å². The van der Waals surface area contributed by atoms with Crippen molar-refractivity contribution in [3.63, 3.8) is 0 Å². The summed E-state index contributed by atoms with van der Waals surface area (Å²) >= 11 is 0. The first-order valence-corrected chi connectivity index (χ1v) is 9.66. The molecule has 0 saturated heterocycles. The number of carbonyl (C=O) groups is 1. The van der Waals surface area contributed by atoms with E-state index in [1.165, 1.54) is 11.8 Å². The highest BCUT2D eigenvalue weighted by Gasteiger charge is 2.33. The van der Waals surface area contributed by atoms with Crippen molar-refractivity contribution in [2.24, 2.45) is 5.10 Å². The summed E-state index contributed by atoms with van der Waals surface area (Å²) in [5.74, 6) is -0.579. The van der Waals surface area contributed by atoms with E-state index in [-0.39, 0.29) is 6.54 Å². The Morgan fingerprint density at radius 1 is 1.13 bits per heavy atom. The average Bonchev–Trinajstić information content (AvgIpc) is 3.22. The number of anilines is 1. The average molecular weight is 429 g/mol. The Hall–Kier alpha value is -3.62. The van der Waals surface area contributed by atoms with Crippen LogP contribution in [0.3, 0.4) is 0 Å². The van der Waals surface area contributed by atoms with Gasteiger partial charge < -0.3 is 4.90 Å². The fourth-order valence-electron chi connectivity index (χ4n) is 2.92. The first kappa shape index (κ1) is 22.1. The minimum absolute atomic E-state index is 0.364. The van der Waals surface area contributed by atoms with E-state index in [1.807, 2.05) is 42.5 Å². The van der Waals surface area contributed by atoms with Crippen molar-refractivity contribution in [3.05, 3.63) is 83.7 Å². The molecule has 0 spiro atoms. The van der Waals surface area contributed by atoms with E-state index in [2.05, 4.69) is 39.6 Å². The van der Waals surface area contributed by atoms with Crippen LogP contribution in [-0.4, -0.2) is 28.4 Å². The van der Waals surface area contributed by atoms with Crippen molar-refractivity contribution in [3.8, 4) is 0 Å². The van der Waals surface area contributed by atoms with E-state index >= 15 is 0 Å². The molecule has 3 aromatic rings. The zero-order valence-electron chi connectivity index (χ0n) is 16.9. The summed E-state index contributed by atoms with van der Waals surface area (Å²) in [5, 5.41) is 7.18. The van der Waals surface area contributed by atoms with Gasteiger partial charge in [0.05, 0.1) is 6.21 Å². The van der Waals surface area contributed by atoms with Crippen LogP contribution in [0, 0.1) is 0 Å². The van der Waals surface area contributed by atoms with Crippen LogP contribution in [0.25, 0.3) is 0 Å². The van der Waals surface area contributed by atoms with Gasteiger partial charge in [0.1, 0.15) is 6.54 Å². The molecule has 1 amide bonds. The number of rotatable bonds is 8. The minimum atomic E-state index is -4.54. The molecule has 0 bridgehead atoms. The lowest BCUT2D eigenvalue weighted by atomic mass is 10.1. The van der Waals surface area contributed by atoms with Crippen LogP contribution in [-0.2, 0) is 24.1 Å². The highest BCUT2D eigenvalue weighted by atomic mass is 19.4. The van der Waals surface area contributed by atoms with Crippen molar-refractivity contribution < 1.29 is 18.0 Å². The zero-order chi connectivity index (χ0) is 22.3. The van der Waals surface area contributed by atoms with Gasteiger partial charge in [-0.05, 0) is 36.2 Å². The smallest absolute Gasteiger partial charge is 0.367 e. The Labute approximate surface area is 178 Å². The van der Waals surface area contributed by atoms with Gasteiger partial charge >= 0.3 is 6.18 Å². The van der Waals surface area contributed by atoms with Crippen LogP contribution in [0.4, 0.5) is 18.9 Å². The summed E-state index contributed by atoms with van der Waals surface area (Å²) in [4.78, 5) is 14.1. The largest absolute Gasteiger partial charge is 0.435 e. The van der Waals surface area contributed by atoms with Gasteiger partial charge in [-0.1, -0.05) is 42.5 Å². The summed E-state index contributed by atoms with van der Waals surface area (Å²) in [7, 11) is 0. The molecule has 0 atom stereocenters. The third-order valence-corrected chi connectivity index (χ3v) is 4.50. The molecule has 0 radical (unpaired) electrons.